The van der Waals surface area contributed by atoms with Gasteiger partial charge in [0.25, 0.3) is 0 Å². The molecule has 3 aromatic rings. The molecule has 21 heavy (non-hydrogen) atoms. The molecule has 106 valence electrons. The van der Waals surface area contributed by atoms with Crippen molar-refractivity contribution in [2.75, 3.05) is 0 Å². The molecule has 0 amide bonds. The smallest absolute Gasteiger partial charge is 0.160 e. The van der Waals surface area contributed by atoms with Gasteiger partial charge in [0.1, 0.15) is 16.7 Å². The van der Waals surface area contributed by atoms with Crippen LogP contribution in [0, 0.1) is 12.7 Å². The zero-order valence-electron chi connectivity index (χ0n) is 11.4. The van der Waals surface area contributed by atoms with E-state index in [1.54, 1.807) is 12.3 Å². The van der Waals surface area contributed by atoms with Crippen molar-refractivity contribution in [2.45, 2.75) is 17.7 Å². The first-order chi connectivity index (χ1) is 10.2. The highest BCUT2D eigenvalue weighted by Crippen LogP contribution is 2.21. The van der Waals surface area contributed by atoms with E-state index in [0.29, 0.717) is 5.75 Å². The Bertz CT molecular complexity index is 739. The van der Waals surface area contributed by atoms with Crippen molar-refractivity contribution in [3.8, 4) is 5.82 Å². The summed E-state index contributed by atoms with van der Waals surface area (Å²) < 4.78 is 15.0. The lowest BCUT2D eigenvalue weighted by atomic mass is 10.2. The lowest BCUT2D eigenvalue weighted by molar-refractivity contribution is 0.626. The Kier molecular flexibility index (Phi) is 3.96. The van der Waals surface area contributed by atoms with Gasteiger partial charge in [-0.2, -0.15) is 0 Å². The molecule has 0 aliphatic heterocycles. The van der Waals surface area contributed by atoms with Crippen molar-refractivity contribution in [2.24, 2.45) is 0 Å². The van der Waals surface area contributed by atoms with Gasteiger partial charge in [-0.25, -0.2) is 9.37 Å². The topological polar surface area (TPSA) is 43.6 Å². The molecule has 3 rings (SSSR count). The van der Waals surface area contributed by atoms with Gasteiger partial charge in [0.05, 0.1) is 0 Å². The van der Waals surface area contributed by atoms with Gasteiger partial charge < -0.3 is 0 Å². The molecule has 0 spiro atoms. The molecule has 0 saturated heterocycles. The molecule has 0 atom stereocenters. The summed E-state index contributed by atoms with van der Waals surface area (Å²) in [5.74, 6) is 2.05. The number of nitrogens with zero attached hydrogens (tertiary/aromatic N) is 4. The van der Waals surface area contributed by atoms with Gasteiger partial charge in [-0.05, 0) is 36.8 Å². The molecule has 0 aliphatic carbocycles. The van der Waals surface area contributed by atoms with Crippen LogP contribution in [0.5, 0.6) is 0 Å². The Morgan fingerprint density at radius 3 is 2.76 bits per heavy atom. The number of rotatable bonds is 4. The van der Waals surface area contributed by atoms with Crippen LogP contribution in [0.25, 0.3) is 5.82 Å². The number of hydrogen-bond acceptors (Lipinski definition) is 4. The third-order valence-corrected chi connectivity index (χ3v) is 3.97. The number of imidazole rings is 1. The Labute approximate surface area is 126 Å². The fourth-order valence-corrected chi connectivity index (χ4v) is 2.68. The minimum absolute atomic E-state index is 0.217. The normalized spacial score (nSPS) is 10.8. The number of aromatic nitrogens is 4. The maximum Gasteiger partial charge on any atom is 0.160 e. The molecule has 0 aliphatic rings. The first-order valence-corrected chi connectivity index (χ1v) is 7.42. The average molecular weight is 300 g/mol. The Morgan fingerprint density at radius 1 is 1.19 bits per heavy atom. The van der Waals surface area contributed by atoms with Crippen LogP contribution < -0.4 is 0 Å². The molecular formula is C15H13FN4S. The summed E-state index contributed by atoms with van der Waals surface area (Å²) in [5, 5.41) is 9.18. The first-order valence-electron chi connectivity index (χ1n) is 6.44. The Balaban J connectivity index is 1.69. The lowest BCUT2D eigenvalue weighted by Crippen LogP contribution is -2.00. The van der Waals surface area contributed by atoms with E-state index in [4.69, 9.17) is 0 Å². The fraction of sp³-hybridized carbons (Fsp3) is 0.133. The van der Waals surface area contributed by atoms with Gasteiger partial charge in [0.2, 0.25) is 0 Å². The van der Waals surface area contributed by atoms with Crippen LogP contribution in [0.1, 0.15) is 11.4 Å². The quantitative estimate of drug-likeness (QED) is 0.693. The van der Waals surface area contributed by atoms with E-state index in [1.165, 1.54) is 23.9 Å². The van der Waals surface area contributed by atoms with Crippen LogP contribution in [0.4, 0.5) is 4.39 Å². The summed E-state index contributed by atoms with van der Waals surface area (Å²) in [6.07, 6.45) is 3.57. The zero-order chi connectivity index (χ0) is 14.7. The lowest BCUT2D eigenvalue weighted by Gasteiger charge is -2.04. The predicted octanol–water partition coefficient (Wildman–Crippen LogP) is 3.40. The van der Waals surface area contributed by atoms with Gasteiger partial charge in [0, 0.05) is 18.1 Å². The molecule has 0 bridgehead atoms. The summed E-state index contributed by atoms with van der Waals surface area (Å²) in [6.45, 7) is 1.91. The van der Waals surface area contributed by atoms with Crippen molar-refractivity contribution in [3.05, 3.63) is 66.0 Å². The average Bonchev–Trinajstić information content (AvgIpc) is 2.92. The molecule has 2 heterocycles. The number of halogens is 1. The summed E-state index contributed by atoms with van der Waals surface area (Å²) in [7, 11) is 0. The molecule has 4 nitrogen and oxygen atoms in total. The number of benzene rings is 1. The second kappa shape index (κ2) is 6.05. The van der Waals surface area contributed by atoms with Crippen LogP contribution in [0.3, 0.4) is 0 Å². The van der Waals surface area contributed by atoms with Gasteiger partial charge in [-0.15, -0.1) is 10.2 Å². The van der Waals surface area contributed by atoms with Crippen LogP contribution in [-0.4, -0.2) is 19.7 Å². The third-order valence-electron chi connectivity index (χ3n) is 2.97. The van der Waals surface area contributed by atoms with Crippen LogP contribution >= 0.6 is 11.8 Å². The number of thioether (sulfide) groups is 1. The van der Waals surface area contributed by atoms with E-state index in [0.717, 1.165) is 22.2 Å². The number of aryl methyl sites for hydroxylation is 1. The first kappa shape index (κ1) is 13.8. The standard InChI is InChI=1S/C15H13FN4S/c1-11-17-7-8-20(11)14-5-6-15(19-18-14)21-10-12-3-2-4-13(16)9-12/h2-9H,10H2,1H3. The van der Waals surface area contributed by atoms with Crippen LogP contribution in [-0.2, 0) is 5.75 Å². The van der Waals surface area contributed by atoms with Crippen molar-refractivity contribution in [1.82, 2.24) is 19.7 Å². The predicted molar refractivity (Wildman–Crippen MR) is 79.9 cm³/mol. The Hall–Kier alpha value is -2.21. The highest BCUT2D eigenvalue weighted by Gasteiger charge is 2.04. The van der Waals surface area contributed by atoms with Crippen molar-refractivity contribution in [3.63, 3.8) is 0 Å². The SMILES string of the molecule is Cc1nccn1-c1ccc(SCc2cccc(F)c2)nn1. The van der Waals surface area contributed by atoms with Crippen LogP contribution in [0.2, 0.25) is 0 Å². The summed E-state index contributed by atoms with van der Waals surface area (Å²) in [6, 6.07) is 10.4. The largest absolute Gasteiger partial charge is 0.287 e. The summed E-state index contributed by atoms with van der Waals surface area (Å²) >= 11 is 1.53. The molecule has 0 radical (unpaired) electrons. The summed E-state index contributed by atoms with van der Waals surface area (Å²) in [5.41, 5.74) is 0.927. The van der Waals surface area contributed by atoms with E-state index in [-0.39, 0.29) is 5.82 Å². The number of hydrogen-bond donors (Lipinski definition) is 0. The third kappa shape index (κ3) is 3.28. The molecule has 0 unspecified atom stereocenters. The van der Waals surface area contributed by atoms with E-state index in [2.05, 4.69) is 15.2 Å². The van der Waals surface area contributed by atoms with Crippen LogP contribution in [0.15, 0.2) is 53.8 Å². The zero-order valence-corrected chi connectivity index (χ0v) is 12.2. The maximum atomic E-state index is 13.1. The second-order valence-corrected chi connectivity index (χ2v) is 5.49. The Morgan fingerprint density at radius 2 is 2.10 bits per heavy atom. The van der Waals surface area contributed by atoms with Gasteiger partial charge in [-0.1, -0.05) is 23.9 Å². The second-order valence-electron chi connectivity index (χ2n) is 4.49. The van der Waals surface area contributed by atoms with E-state index in [9.17, 15) is 4.39 Å². The molecule has 6 heteroatoms. The monoisotopic (exact) mass is 300 g/mol. The summed E-state index contributed by atoms with van der Waals surface area (Å²) in [4.78, 5) is 4.15. The highest BCUT2D eigenvalue weighted by atomic mass is 32.2. The van der Waals surface area contributed by atoms with Gasteiger partial charge in [0.15, 0.2) is 5.82 Å². The molecule has 1 aromatic carbocycles. The highest BCUT2D eigenvalue weighted by molar-refractivity contribution is 7.98. The fourth-order valence-electron chi connectivity index (χ4n) is 1.92. The van der Waals surface area contributed by atoms with Crippen molar-refractivity contribution in [1.29, 1.82) is 0 Å². The van der Waals surface area contributed by atoms with Gasteiger partial charge >= 0.3 is 0 Å². The van der Waals surface area contributed by atoms with Crippen molar-refractivity contribution >= 4 is 11.8 Å². The van der Waals surface area contributed by atoms with Crippen molar-refractivity contribution < 1.29 is 4.39 Å². The molecule has 2 aromatic heterocycles. The minimum Gasteiger partial charge on any atom is -0.287 e. The molecule has 0 fully saturated rings. The van der Waals surface area contributed by atoms with E-state index >= 15 is 0 Å². The van der Waals surface area contributed by atoms with E-state index < -0.39 is 0 Å². The molecule has 0 N–H and O–H groups in total. The van der Waals surface area contributed by atoms with Gasteiger partial charge in [-0.3, -0.25) is 4.57 Å². The molecular weight excluding hydrogens is 287 g/mol. The molecule has 0 saturated carbocycles. The maximum absolute atomic E-state index is 13.1. The minimum atomic E-state index is -0.217. The van der Waals surface area contributed by atoms with E-state index in [1.807, 2.05) is 35.9 Å².